The van der Waals surface area contributed by atoms with Crippen molar-refractivity contribution in [2.24, 2.45) is 0 Å². The quantitative estimate of drug-likeness (QED) is 0.197. The molecule has 0 saturated heterocycles. The van der Waals surface area contributed by atoms with E-state index in [1.54, 1.807) is 0 Å². The van der Waals surface area contributed by atoms with Crippen LogP contribution in [0.15, 0.2) is 127 Å². The molecule has 2 heterocycles. The predicted octanol–water partition coefficient (Wildman–Crippen LogP) is 9.06. The average Bonchev–Trinajstić information content (AvgIpc) is 3.63. The largest absolute Gasteiger partial charge is 0.278 e. The fourth-order valence-electron chi connectivity index (χ4n) is 7.57. The Balaban J connectivity index is 1.30. The standard InChI is InChI=1S/C42H27N3/c1-2-10-26(11-3-1)27-20-22-30(23-21-27)39-35-25-24-28-12-4-5-15-31(28)40(35)44-42(43-39)45-36-19-7-6-16-32(36)38-33-17-8-13-29-14-9-18-34(37(29)33)41(38)45/h1-5,8-25H,6-7H2. The fraction of sp³-hybridized carbons (Fsp3) is 0.0476. The van der Waals surface area contributed by atoms with E-state index < -0.39 is 0 Å². The minimum absolute atomic E-state index is 0.717. The van der Waals surface area contributed by atoms with Gasteiger partial charge in [0.1, 0.15) is 0 Å². The maximum atomic E-state index is 5.45. The molecular weight excluding hydrogens is 546 g/mol. The van der Waals surface area contributed by atoms with Crippen LogP contribution in [-0.4, -0.2) is 14.5 Å². The minimum Gasteiger partial charge on any atom is -0.278 e. The molecule has 0 aliphatic heterocycles. The lowest BCUT2D eigenvalue weighted by Crippen LogP contribution is -2.32. The second-order valence-corrected chi connectivity index (χ2v) is 12.1. The van der Waals surface area contributed by atoms with Gasteiger partial charge < -0.3 is 0 Å². The number of benzene rings is 6. The Labute approximate surface area is 260 Å². The summed E-state index contributed by atoms with van der Waals surface area (Å²) in [5, 5.41) is 8.47. The highest BCUT2D eigenvalue weighted by atomic mass is 15.2. The third-order valence-electron chi connectivity index (χ3n) is 9.57. The molecule has 0 bridgehead atoms. The zero-order chi connectivity index (χ0) is 29.5. The van der Waals surface area contributed by atoms with E-state index in [2.05, 4.69) is 144 Å². The van der Waals surface area contributed by atoms with Gasteiger partial charge in [0.15, 0.2) is 0 Å². The van der Waals surface area contributed by atoms with E-state index in [1.165, 1.54) is 60.2 Å². The van der Waals surface area contributed by atoms with Crippen molar-refractivity contribution in [2.45, 2.75) is 12.8 Å². The van der Waals surface area contributed by atoms with Crippen LogP contribution in [0.1, 0.15) is 12.8 Å². The Morgan fingerprint density at radius 3 is 2.09 bits per heavy atom. The summed E-state index contributed by atoms with van der Waals surface area (Å²) in [7, 11) is 0. The summed E-state index contributed by atoms with van der Waals surface area (Å²) in [4.78, 5) is 10.9. The van der Waals surface area contributed by atoms with Gasteiger partial charge in [-0.25, -0.2) is 9.97 Å². The third-order valence-corrected chi connectivity index (χ3v) is 9.57. The summed E-state index contributed by atoms with van der Waals surface area (Å²) in [5.41, 5.74) is 10.5. The van der Waals surface area contributed by atoms with Crippen LogP contribution in [0, 0.1) is 0 Å². The third kappa shape index (κ3) is 3.52. The Morgan fingerprint density at radius 2 is 1.22 bits per heavy atom. The molecular formula is C42H27N3. The summed E-state index contributed by atoms with van der Waals surface area (Å²) >= 11 is 0. The molecule has 45 heavy (non-hydrogen) atoms. The first-order valence-electron chi connectivity index (χ1n) is 15.7. The van der Waals surface area contributed by atoms with E-state index in [-0.39, 0.29) is 0 Å². The van der Waals surface area contributed by atoms with E-state index in [1.807, 2.05) is 0 Å². The Morgan fingerprint density at radius 1 is 0.511 bits per heavy atom. The van der Waals surface area contributed by atoms with Gasteiger partial charge in [-0.2, -0.15) is 0 Å². The molecule has 0 radical (unpaired) electrons. The number of rotatable bonds is 3. The van der Waals surface area contributed by atoms with Gasteiger partial charge >= 0.3 is 0 Å². The Hall–Kier alpha value is -5.80. The molecule has 6 aromatic carbocycles. The van der Waals surface area contributed by atoms with Gasteiger partial charge in [0.25, 0.3) is 0 Å². The summed E-state index contributed by atoms with van der Waals surface area (Å²) in [6.45, 7) is 0. The number of aromatic nitrogens is 3. The molecule has 0 saturated carbocycles. The summed E-state index contributed by atoms with van der Waals surface area (Å²) in [6.07, 6.45) is 6.83. The topological polar surface area (TPSA) is 30.7 Å². The van der Waals surface area contributed by atoms with Crippen LogP contribution in [0.4, 0.5) is 0 Å². The molecule has 0 N–H and O–H groups in total. The monoisotopic (exact) mass is 573 g/mol. The van der Waals surface area contributed by atoms with Crippen LogP contribution in [0.2, 0.25) is 0 Å². The van der Waals surface area contributed by atoms with Crippen LogP contribution >= 0.6 is 0 Å². The van der Waals surface area contributed by atoms with Crippen molar-refractivity contribution < 1.29 is 0 Å². The van der Waals surface area contributed by atoms with Crippen molar-refractivity contribution in [2.75, 3.05) is 0 Å². The van der Waals surface area contributed by atoms with Crippen molar-refractivity contribution in [3.8, 4) is 50.7 Å². The molecule has 0 fully saturated rings. The van der Waals surface area contributed by atoms with Crippen molar-refractivity contribution in [1.29, 1.82) is 0 Å². The first-order chi connectivity index (χ1) is 22.3. The molecule has 2 aliphatic rings. The van der Waals surface area contributed by atoms with E-state index >= 15 is 0 Å². The molecule has 3 heteroatoms. The van der Waals surface area contributed by atoms with Crippen molar-refractivity contribution >= 4 is 44.6 Å². The van der Waals surface area contributed by atoms with E-state index in [0.29, 0.717) is 0 Å². The minimum atomic E-state index is 0.717. The van der Waals surface area contributed by atoms with E-state index in [9.17, 15) is 0 Å². The first kappa shape index (κ1) is 24.6. The SMILES string of the molecule is C1=c2c3c(n(-c4nc(-c5ccc(-c6ccccc6)cc5)c5ccc6ccccc6c5n4)c2=CCC1)-c1cccc2cccc-3c12. The lowest BCUT2D eigenvalue weighted by Gasteiger charge is -2.15. The number of fused-ring (bicyclic) bond motifs is 8. The molecule has 10 rings (SSSR count). The number of hydrogen-bond donors (Lipinski definition) is 0. The molecule has 2 aliphatic carbocycles. The van der Waals surface area contributed by atoms with Crippen LogP contribution in [-0.2, 0) is 0 Å². The second-order valence-electron chi connectivity index (χ2n) is 12.1. The number of nitrogens with zero attached hydrogens (tertiary/aromatic N) is 3. The zero-order valence-electron chi connectivity index (χ0n) is 24.5. The first-order valence-corrected chi connectivity index (χ1v) is 15.7. The molecule has 2 aromatic heterocycles. The predicted molar refractivity (Wildman–Crippen MR) is 187 cm³/mol. The zero-order valence-corrected chi connectivity index (χ0v) is 24.5. The summed E-state index contributed by atoms with van der Waals surface area (Å²) < 4.78 is 2.35. The van der Waals surface area contributed by atoms with E-state index in [4.69, 9.17) is 9.97 Å². The normalized spacial score (nSPS) is 13.1. The fourth-order valence-corrected chi connectivity index (χ4v) is 7.57. The molecule has 8 aromatic rings. The summed E-state index contributed by atoms with van der Waals surface area (Å²) in [6, 6.07) is 45.6. The Bertz CT molecular complexity index is 2620. The van der Waals surface area contributed by atoms with E-state index in [0.717, 1.165) is 46.3 Å². The van der Waals surface area contributed by atoms with Crippen molar-refractivity contribution in [1.82, 2.24) is 14.5 Å². The highest BCUT2D eigenvalue weighted by Gasteiger charge is 2.30. The molecule has 210 valence electrons. The second kappa shape index (κ2) is 9.35. The maximum absolute atomic E-state index is 5.45. The van der Waals surface area contributed by atoms with Crippen LogP contribution in [0.3, 0.4) is 0 Å². The molecule has 0 atom stereocenters. The smallest absolute Gasteiger partial charge is 0.235 e. The highest BCUT2D eigenvalue weighted by Crippen LogP contribution is 2.46. The number of hydrogen-bond acceptors (Lipinski definition) is 2. The summed E-state index contributed by atoms with van der Waals surface area (Å²) in [5.74, 6) is 0.717. The lowest BCUT2D eigenvalue weighted by atomic mass is 9.99. The van der Waals surface area contributed by atoms with Gasteiger partial charge in [-0.1, -0.05) is 133 Å². The lowest BCUT2D eigenvalue weighted by molar-refractivity contribution is 0.920. The van der Waals surface area contributed by atoms with Gasteiger partial charge in [0, 0.05) is 32.7 Å². The maximum Gasteiger partial charge on any atom is 0.235 e. The van der Waals surface area contributed by atoms with Crippen LogP contribution in [0.25, 0.3) is 95.3 Å². The Kier molecular flexibility index (Phi) is 5.11. The molecule has 0 unspecified atom stereocenters. The van der Waals surface area contributed by atoms with Crippen molar-refractivity contribution in [3.05, 3.63) is 138 Å². The van der Waals surface area contributed by atoms with Gasteiger partial charge in [0.05, 0.1) is 22.3 Å². The highest BCUT2D eigenvalue weighted by molar-refractivity contribution is 6.15. The van der Waals surface area contributed by atoms with Crippen molar-refractivity contribution in [3.63, 3.8) is 0 Å². The molecule has 0 amide bonds. The molecule has 3 nitrogen and oxygen atoms in total. The van der Waals surface area contributed by atoms with Gasteiger partial charge in [0.2, 0.25) is 5.95 Å². The van der Waals surface area contributed by atoms with Crippen LogP contribution < -0.4 is 10.6 Å². The average molecular weight is 574 g/mol. The van der Waals surface area contributed by atoms with Gasteiger partial charge in [-0.15, -0.1) is 0 Å². The van der Waals surface area contributed by atoms with Gasteiger partial charge in [-0.3, -0.25) is 4.57 Å². The molecule has 0 spiro atoms. The van der Waals surface area contributed by atoms with Gasteiger partial charge in [-0.05, 0) is 51.8 Å². The van der Waals surface area contributed by atoms with Crippen LogP contribution in [0.5, 0.6) is 0 Å².